The summed E-state index contributed by atoms with van der Waals surface area (Å²) < 4.78 is 10.2. The molecule has 0 aliphatic heterocycles. The number of benzene rings is 1. The highest BCUT2D eigenvalue weighted by Gasteiger charge is 2.04. The number of halogens is 2. The molecule has 16 heavy (non-hydrogen) atoms. The molecule has 0 fully saturated rings. The second kappa shape index (κ2) is 4.72. The van der Waals surface area contributed by atoms with E-state index in [1.165, 1.54) is 0 Å². The Hall–Kier alpha value is -1.26. The quantitative estimate of drug-likeness (QED) is 0.848. The topological polar surface area (TPSA) is 48.2 Å². The molecule has 0 aliphatic rings. The summed E-state index contributed by atoms with van der Waals surface area (Å²) in [5.41, 5.74) is 0. The number of aryl methyl sites for hydroxylation is 1. The first-order valence-corrected chi connectivity index (χ1v) is 5.27. The first kappa shape index (κ1) is 11.2. The number of hydrogen-bond acceptors (Lipinski definition) is 4. The molecule has 0 amide bonds. The Morgan fingerprint density at radius 3 is 2.50 bits per heavy atom. The van der Waals surface area contributed by atoms with Crippen molar-refractivity contribution in [2.45, 2.75) is 13.5 Å². The van der Waals surface area contributed by atoms with E-state index in [0.29, 0.717) is 27.5 Å². The standard InChI is InChI=1S/C10H8Cl2N2O2/c1-6-13-10(14-16-6)5-15-9-3-7(11)2-8(12)4-9/h2-4H,5H2,1H3. The van der Waals surface area contributed by atoms with Crippen molar-refractivity contribution >= 4 is 23.2 Å². The predicted molar refractivity (Wildman–Crippen MR) is 59.8 cm³/mol. The number of hydrogen-bond donors (Lipinski definition) is 0. The van der Waals surface area contributed by atoms with Crippen LogP contribution in [0.3, 0.4) is 0 Å². The van der Waals surface area contributed by atoms with Gasteiger partial charge >= 0.3 is 0 Å². The van der Waals surface area contributed by atoms with Gasteiger partial charge in [0.2, 0.25) is 11.7 Å². The largest absolute Gasteiger partial charge is 0.485 e. The molecule has 1 aromatic heterocycles. The van der Waals surface area contributed by atoms with Crippen molar-refractivity contribution in [3.05, 3.63) is 40.0 Å². The van der Waals surface area contributed by atoms with E-state index in [1.807, 2.05) is 0 Å². The van der Waals surface area contributed by atoms with Gasteiger partial charge in [-0.1, -0.05) is 28.4 Å². The third kappa shape index (κ3) is 2.87. The molecule has 2 aromatic rings. The van der Waals surface area contributed by atoms with Crippen molar-refractivity contribution in [2.24, 2.45) is 0 Å². The van der Waals surface area contributed by atoms with Crippen LogP contribution in [0.15, 0.2) is 22.7 Å². The summed E-state index contributed by atoms with van der Waals surface area (Å²) in [4.78, 5) is 4.00. The van der Waals surface area contributed by atoms with Crippen molar-refractivity contribution in [3.8, 4) is 5.75 Å². The Morgan fingerprint density at radius 1 is 1.25 bits per heavy atom. The highest BCUT2D eigenvalue weighted by molar-refractivity contribution is 6.34. The Labute approximate surface area is 102 Å². The molecule has 0 aliphatic carbocycles. The van der Waals surface area contributed by atoms with E-state index in [1.54, 1.807) is 25.1 Å². The fraction of sp³-hybridized carbons (Fsp3) is 0.200. The second-order valence-corrected chi connectivity index (χ2v) is 4.00. The average molecular weight is 259 g/mol. The maximum atomic E-state index is 5.82. The first-order valence-electron chi connectivity index (χ1n) is 4.51. The fourth-order valence-corrected chi connectivity index (χ4v) is 1.67. The zero-order chi connectivity index (χ0) is 11.5. The van der Waals surface area contributed by atoms with Crippen molar-refractivity contribution in [3.63, 3.8) is 0 Å². The molecular weight excluding hydrogens is 251 g/mol. The van der Waals surface area contributed by atoms with E-state index >= 15 is 0 Å². The highest BCUT2D eigenvalue weighted by atomic mass is 35.5. The molecule has 0 spiro atoms. The van der Waals surface area contributed by atoms with Crippen molar-refractivity contribution in [2.75, 3.05) is 0 Å². The predicted octanol–water partition coefficient (Wildman–Crippen LogP) is 3.26. The first-order chi connectivity index (χ1) is 7.63. The molecular formula is C10H8Cl2N2O2. The summed E-state index contributed by atoms with van der Waals surface area (Å²) in [6.45, 7) is 1.93. The SMILES string of the molecule is Cc1nc(COc2cc(Cl)cc(Cl)c2)no1. The minimum Gasteiger partial charge on any atom is -0.485 e. The van der Waals surface area contributed by atoms with E-state index in [2.05, 4.69) is 10.1 Å². The second-order valence-electron chi connectivity index (χ2n) is 3.12. The Kier molecular flexibility index (Phi) is 3.31. The monoisotopic (exact) mass is 258 g/mol. The van der Waals surface area contributed by atoms with Crippen LogP contribution in [0.5, 0.6) is 5.75 Å². The number of nitrogens with zero attached hydrogens (tertiary/aromatic N) is 2. The van der Waals surface area contributed by atoms with E-state index < -0.39 is 0 Å². The lowest BCUT2D eigenvalue weighted by atomic mass is 10.3. The van der Waals surface area contributed by atoms with Crippen LogP contribution < -0.4 is 4.74 Å². The number of rotatable bonds is 3. The molecule has 0 radical (unpaired) electrons. The number of aromatic nitrogens is 2. The molecule has 0 atom stereocenters. The molecule has 2 rings (SSSR count). The van der Waals surface area contributed by atoms with Crippen molar-refractivity contribution < 1.29 is 9.26 Å². The van der Waals surface area contributed by atoms with Crippen LogP contribution in [0.4, 0.5) is 0 Å². The van der Waals surface area contributed by atoms with Crippen LogP contribution in [0.2, 0.25) is 10.0 Å². The van der Waals surface area contributed by atoms with Crippen LogP contribution >= 0.6 is 23.2 Å². The average Bonchev–Trinajstić information content (AvgIpc) is 2.60. The zero-order valence-electron chi connectivity index (χ0n) is 8.41. The van der Waals surface area contributed by atoms with Gasteiger partial charge in [0.05, 0.1) is 0 Å². The molecule has 0 saturated heterocycles. The van der Waals surface area contributed by atoms with E-state index in [9.17, 15) is 0 Å². The molecule has 6 heteroatoms. The van der Waals surface area contributed by atoms with Crippen LogP contribution in [0.25, 0.3) is 0 Å². The van der Waals surface area contributed by atoms with E-state index in [0.717, 1.165) is 0 Å². The van der Waals surface area contributed by atoms with Gasteiger partial charge in [0.15, 0.2) is 6.61 Å². The van der Waals surface area contributed by atoms with Gasteiger partial charge in [0.1, 0.15) is 5.75 Å². The molecule has 84 valence electrons. The summed E-state index contributed by atoms with van der Waals surface area (Å²) >= 11 is 11.6. The van der Waals surface area contributed by atoms with Gasteiger partial charge in [-0.25, -0.2) is 0 Å². The smallest absolute Gasteiger partial charge is 0.223 e. The maximum absolute atomic E-state index is 5.82. The fourth-order valence-electron chi connectivity index (χ4n) is 1.16. The molecule has 4 nitrogen and oxygen atoms in total. The van der Waals surface area contributed by atoms with Crippen LogP contribution in [-0.2, 0) is 6.61 Å². The van der Waals surface area contributed by atoms with Gasteiger partial charge in [-0.3, -0.25) is 0 Å². The minimum absolute atomic E-state index is 0.216. The maximum Gasteiger partial charge on any atom is 0.223 e. The van der Waals surface area contributed by atoms with Crippen LogP contribution in [-0.4, -0.2) is 10.1 Å². The highest BCUT2D eigenvalue weighted by Crippen LogP contribution is 2.24. The van der Waals surface area contributed by atoms with Crippen molar-refractivity contribution in [1.29, 1.82) is 0 Å². The van der Waals surface area contributed by atoms with Gasteiger partial charge in [-0.05, 0) is 18.2 Å². The lowest BCUT2D eigenvalue weighted by Crippen LogP contribution is -1.97. The Balaban J connectivity index is 2.04. The van der Waals surface area contributed by atoms with E-state index in [4.69, 9.17) is 32.5 Å². The van der Waals surface area contributed by atoms with Crippen LogP contribution in [0.1, 0.15) is 11.7 Å². The Morgan fingerprint density at radius 2 is 1.94 bits per heavy atom. The summed E-state index contributed by atoms with van der Waals surface area (Å²) in [6.07, 6.45) is 0. The van der Waals surface area contributed by atoms with E-state index in [-0.39, 0.29) is 6.61 Å². The summed E-state index contributed by atoms with van der Waals surface area (Å²) in [7, 11) is 0. The summed E-state index contributed by atoms with van der Waals surface area (Å²) in [6, 6.07) is 4.97. The van der Waals surface area contributed by atoms with Gasteiger partial charge in [0, 0.05) is 17.0 Å². The van der Waals surface area contributed by atoms with Gasteiger partial charge in [-0.15, -0.1) is 0 Å². The third-order valence-corrected chi connectivity index (χ3v) is 2.21. The lowest BCUT2D eigenvalue weighted by molar-refractivity contribution is 0.286. The van der Waals surface area contributed by atoms with Gasteiger partial charge < -0.3 is 9.26 Å². The van der Waals surface area contributed by atoms with Crippen molar-refractivity contribution in [1.82, 2.24) is 10.1 Å². The molecule has 0 unspecified atom stereocenters. The lowest BCUT2D eigenvalue weighted by Gasteiger charge is -2.04. The van der Waals surface area contributed by atoms with Gasteiger partial charge in [0.25, 0.3) is 0 Å². The normalized spacial score (nSPS) is 10.4. The Bertz CT molecular complexity index is 479. The summed E-state index contributed by atoms with van der Waals surface area (Å²) in [5, 5.41) is 4.74. The molecule has 0 bridgehead atoms. The van der Waals surface area contributed by atoms with Crippen LogP contribution in [0, 0.1) is 6.92 Å². The molecule has 0 saturated carbocycles. The molecule has 0 N–H and O–H groups in total. The zero-order valence-corrected chi connectivity index (χ0v) is 9.92. The third-order valence-electron chi connectivity index (χ3n) is 1.77. The molecule has 1 heterocycles. The molecule has 1 aromatic carbocycles. The number of ether oxygens (including phenoxy) is 1. The summed E-state index contributed by atoms with van der Waals surface area (Å²) in [5.74, 6) is 1.55. The van der Waals surface area contributed by atoms with Gasteiger partial charge in [-0.2, -0.15) is 4.98 Å². The minimum atomic E-state index is 0.216.